The minimum atomic E-state index is -4.68. The number of aliphatic hydroxyl groups is 1. The topological polar surface area (TPSA) is 115 Å². The number of halogens is 3. The smallest absolute Gasteiger partial charge is 0.417 e. The number of hydrogen-bond acceptors (Lipinski definition) is 6. The zero-order valence-corrected chi connectivity index (χ0v) is 19.9. The van der Waals surface area contributed by atoms with Gasteiger partial charge in [0.25, 0.3) is 0 Å². The molecule has 0 bridgehead atoms. The number of benzene rings is 1. The van der Waals surface area contributed by atoms with E-state index in [1.54, 1.807) is 12.1 Å². The van der Waals surface area contributed by atoms with Crippen LogP contribution in [0.2, 0.25) is 0 Å². The Kier molecular flexibility index (Phi) is 8.65. The molecular weight excluding hydrogens is 463 g/mol. The Labute approximate surface area is 201 Å². The maximum absolute atomic E-state index is 13.9. The van der Waals surface area contributed by atoms with Crippen LogP contribution in [-0.2, 0) is 24.1 Å². The Bertz CT molecular complexity index is 1130. The zero-order valence-electron chi connectivity index (χ0n) is 19.9. The van der Waals surface area contributed by atoms with E-state index in [1.807, 2.05) is 26.8 Å². The molecule has 7 nitrogen and oxygen atoms in total. The molecule has 2 rings (SSSR count). The molecule has 0 fully saturated rings. The largest absolute Gasteiger partial charge is 0.488 e. The van der Waals surface area contributed by atoms with Gasteiger partial charge in [0.1, 0.15) is 24.0 Å². The van der Waals surface area contributed by atoms with Gasteiger partial charge in [-0.25, -0.2) is 0 Å². The molecule has 0 aliphatic heterocycles. The average Bonchev–Trinajstić information content (AvgIpc) is 2.78. The summed E-state index contributed by atoms with van der Waals surface area (Å²) < 4.78 is 47.6. The predicted molar refractivity (Wildman–Crippen MR) is 123 cm³/mol. The number of hydrogen-bond donors (Lipinski definition) is 3. The van der Waals surface area contributed by atoms with Crippen molar-refractivity contribution in [1.82, 2.24) is 10.3 Å². The van der Waals surface area contributed by atoms with Gasteiger partial charge < -0.3 is 14.9 Å². The molecule has 1 heterocycles. The van der Waals surface area contributed by atoms with Gasteiger partial charge in [0.05, 0.1) is 17.7 Å². The highest BCUT2D eigenvalue weighted by Gasteiger charge is 2.35. The van der Waals surface area contributed by atoms with Gasteiger partial charge in [-0.15, -0.1) is 0 Å². The fourth-order valence-electron chi connectivity index (χ4n) is 2.91. The number of alkyl halides is 3. The van der Waals surface area contributed by atoms with Crippen LogP contribution in [0.25, 0.3) is 6.08 Å². The van der Waals surface area contributed by atoms with Crippen molar-refractivity contribution in [3.8, 4) is 11.8 Å². The molecule has 10 heteroatoms. The molecule has 2 aromatic rings. The SMILES string of the molecule is CC(C)(C)/C=C/c1cc(OCc2cncc(C#N)c2)c(CN[C@@](C)(CO)C(=O)O)cc1C(F)(F)F. The highest BCUT2D eigenvalue weighted by Crippen LogP contribution is 2.37. The highest BCUT2D eigenvalue weighted by molar-refractivity contribution is 5.78. The number of ether oxygens (including phenoxy) is 1. The van der Waals surface area contributed by atoms with Crippen LogP contribution in [0, 0.1) is 16.7 Å². The fraction of sp³-hybridized carbons (Fsp3) is 0.400. The van der Waals surface area contributed by atoms with Crippen LogP contribution in [-0.4, -0.2) is 33.3 Å². The molecule has 1 aromatic heterocycles. The van der Waals surface area contributed by atoms with Gasteiger partial charge in [-0.1, -0.05) is 32.9 Å². The molecule has 0 spiro atoms. The summed E-state index contributed by atoms with van der Waals surface area (Å²) in [6, 6.07) is 5.66. The van der Waals surface area contributed by atoms with Crippen LogP contribution in [0.4, 0.5) is 13.2 Å². The molecule has 0 saturated heterocycles. The molecule has 1 aromatic carbocycles. The molecule has 35 heavy (non-hydrogen) atoms. The zero-order chi connectivity index (χ0) is 26.4. The van der Waals surface area contributed by atoms with E-state index in [0.29, 0.717) is 11.1 Å². The van der Waals surface area contributed by atoms with Crippen LogP contribution in [0.1, 0.15) is 55.5 Å². The summed E-state index contributed by atoms with van der Waals surface area (Å²) in [5.41, 5.74) is -2.29. The number of allylic oxidation sites excluding steroid dienone is 1. The number of nitrogens with zero attached hydrogens (tertiary/aromatic N) is 2. The van der Waals surface area contributed by atoms with E-state index in [-0.39, 0.29) is 35.4 Å². The standard InChI is InChI=1S/C25H28F3N3O4/c1-23(2,3)6-5-18-9-21(35-14-17-7-16(10-29)11-30-12-17)19(8-20(18)25(26,27)28)13-31-24(4,15-32)22(33)34/h5-9,11-12,31-32H,13-15H2,1-4H3,(H,33,34)/b6-5+/t24-/m0/s1. The van der Waals surface area contributed by atoms with Crippen molar-refractivity contribution in [2.45, 2.75) is 52.6 Å². The maximum atomic E-state index is 13.9. The van der Waals surface area contributed by atoms with Gasteiger partial charge in [0, 0.05) is 30.1 Å². The summed E-state index contributed by atoms with van der Waals surface area (Å²) in [6.45, 7) is 5.60. The quantitative estimate of drug-likeness (QED) is 0.472. The molecule has 0 unspecified atom stereocenters. The molecule has 188 valence electrons. The predicted octanol–water partition coefficient (Wildman–Crippen LogP) is 4.54. The number of aliphatic carboxylic acids is 1. The Balaban J connectivity index is 2.55. The summed E-state index contributed by atoms with van der Waals surface area (Å²) in [6.07, 6.45) is 1.18. The average molecular weight is 492 g/mol. The number of aromatic nitrogens is 1. The third-order valence-electron chi connectivity index (χ3n) is 5.08. The van der Waals surface area contributed by atoms with Crippen molar-refractivity contribution in [2.75, 3.05) is 6.61 Å². The first-order valence-corrected chi connectivity index (χ1v) is 10.7. The van der Waals surface area contributed by atoms with Gasteiger partial charge in [-0.2, -0.15) is 18.4 Å². The lowest BCUT2D eigenvalue weighted by molar-refractivity contribution is -0.146. The van der Waals surface area contributed by atoms with Gasteiger partial charge >= 0.3 is 12.1 Å². The molecule has 3 N–H and O–H groups in total. The molecule has 0 amide bonds. The highest BCUT2D eigenvalue weighted by atomic mass is 19.4. The van der Waals surface area contributed by atoms with Crippen LogP contribution in [0.15, 0.2) is 36.7 Å². The van der Waals surface area contributed by atoms with Gasteiger partial charge in [0.2, 0.25) is 0 Å². The third kappa shape index (κ3) is 7.80. The lowest BCUT2D eigenvalue weighted by atomic mass is 9.93. The lowest BCUT2D eigenvalue weighted by Gasteiger charge is -2.25. The van der Waals surface area contributed by atoms with Gasteiger partial charge in [0.15, 0.2) is 0 Å². The van der Waals surface area contributed by atoms with Crippen molar-refractivity contribution in [1.29, 1.82) is 5.26 Å². The molecule has 0 saturated carbocycles. The second-order valence-electron chi connectivity index (χ2n) is 9.38. The van der Waals surface area contributed by atoms with Crippen molar-refractivity contribution in [3.63, 3.8) is 0 Å². The monoisotopic (exact) mass is 491 g/mol. The lowest BCUT2D eigenvalue weighted by Crippen LogP contribution is -2.52. The number of pyridine rings is 1. The molecular formula is C25H28F3N3O4. The summed E-state index contributed by atoms with van der Waals surface area (Å²) in [5.74, 6) is -1.27. The van der Waals surface area contributed by atoms with Crippen molar-refractivity contribution in [2.24, 2.45) is 5.41 Å². The van der Waals surface area contributed by atoms with E-state index in [0.717, 1.165) is 6.07 Å². The Morgan fingerprint density at radius 2 is 1.89 bits per heavy atom. The van der Waals surface area contributed by atoms with E-state index in [4.69, 9.17) is 10.00 Å². The molecule has 0 radical (unpaired) electrons. The molecule has 0 aliphatic carbocycles. The number of nitrogens with one attached hydrogen (secondary N) is 1. The second kappa shape index (κ2) is 10.9. The van der Waals surface area contributed by atoms with Crippen LogP contribution < -0.4 is 10.1 Å². The first-order valence-electron chi connectivity index (χ1n) is 10.7. The summed E-state index contributed by atoms with van der Waals surface area (Å²) in [4.78, 5) is 15.5. The number of carboxylic acids is 1. The van der Waals surface area contributed by atoms with E-state index in [9.17, 15) is 28.2 Å². The first-order chi connectivity index (χ1) is 16.2. The molecule has 0 aliphatic rings. The van der Waals surface area contributed by atoms with Gasteiger partial charge in [-0.3, -0.25) is 15.1 Å². The van der Waals surface area contributed by atoms with Gasteiger partial charge in [-0.05, 0) is 36.1 Å². The van der Waals surface area contributed by atoms with E-state index >= 15 is 0 Å². The number of rotatable bonds is 9. The van der Waals surface area contributed by atoms with Crippen molar-refractivity contribution < 1.29 is 32.9 Å². The minimum absolute atomic E-state index is 0.0514. The second-order valence-corrected chi connectivity index (χ2v) is 9.38. The van der Waals surface area contributed by atoms with Crippen LogP contribution in [0.5, 0.6) is 5.75 Å². The Hall–Kier alpha value is -3.42. The van der Waals surface area contributed by atoms with E-state index in [2.05, 4.69) is 10.3 Å². The number of nitriles is 1. The number of carbonyl (C=O) groups is 1. The summed E-state index contributed by atoms with van der Waals surface area (Å²) in [5, 5.41) is 30.5. The van der Waals surface area contributed by atoms with Crippen molar-refractivity contribution in [3.05, 3.63) is 64.5 Å². The summed E-state index contributed by atoms with van der Waals surface area (Å²) in [7, 11) is 0. The number of aliphatic hydroxyl groups excluding tert-OH is 1. The van der Waals surface area contributed by atoms with Crippen LogP contribution in [0.3, 0.4) is 0 Å². The number of carboxylic acid groups (broad SMARTS) is 1. The normalized spacial score (nSPS) is 13.9. The first kappa shape index (κ1) is 27.8. The van der Waals surface area contributed by atoms with E-state index < -0.39 is 29.9 Å². The molecule has 1 atom stereocenters. The minimum Gasteiger partial charge on any atom is -0.488 e. The van der Waals surface area contributed by atoms with Crippen LogP contribution >= 0.6 is 0 Å². The Morgan fingerprint density at radius 3 is 2.43 bits per heavy atom. The van der Waals surface area contributed by atoms with E-state index in [1.165, 1.54) is 31.5 Å². The maximum Gasteiger partial charge on any atom is 0.417 e. The van der Waals surface area contributed by atoms with Crippen molar-refractivity contribution >= 4 is 12.0 Å². The summed E-state index contributed by atoms with van der Waals surface area (Å²) >= 11 is 0. The Morgan fingerprint density at radius 1 is 1.20 bits per heavy atom. The fourth-order valence-corrected chi connectivity index (χ4v) is 2.91. The third-order valence-corrected chi connectivity index (χ3v) is 5.08.